The van der Waals surface area contributed by atoms with Gasteiger partial charge in [0.05, 0.1) is 0 Å². The van der Waals surface area contributed by atoms with Gasteiger partial charge in [-0.1, -0.05) is 66.7 Å². The third kappa shape index (κ3) is 3.23. The van der Waals surface area contributed by atoms with Gasteiger partial charge in [-0.05, 0) is 53.4 Å². The summed E-state index contributed by atoms with van der Waals surface area (Å²) in [7, 11) is 2.06. The highest BCUT2D eigenvalue weighted by Crippen LogP contribution is 2.51. The second-order valence-corrected chi connectivity index (χ2v) is 8.34. The van der Waals surface area contributed by atoms with Gasteiger partial charge in [-0.25, -0.2) is 0 Å². The number of fused-ring (bicyclic) bond motifs is 3. The first-order valence-electron chi connectivity index (χ1n) is 10.6. The van der Waals surface area contributed by atoms with E-state index in [1.54, 1.807) is 18.3 Å². The molecule has 0 spiro atoms. The van der Waals surface area contributed by atoms with Gasteiger partial charge in [0.25, 0.3) is 0 Å². The second kappa shape index (κ2) is 7.51. The lowest BCUT2D eigenvalue weighted by atomic mass is 9.74. The van der Waals surface area contributed by atoms with E-state index in [-0.39, 0.29) is 11.2 Å². The monoisotopic (exact) mass is 404 g/mol. The first-order valence-corrected chi connectivity index (χ1v) is 10.6. The van der Waals surface area contributed by atoms with Crippen molar-refractivity contribution in [2.24, 2.45) is 0 Å². The summed E-state index contributed by atoms with van der Waals surface area (Å²) in [5.74, 6) is -0.0705. The molecule has 0 amide bonds. The van der Waals surface area contributed by atoms with Crippen LogP contribution in [0.2, 0.25) is 0 Å². The van der Waals surface area contributed by atoms with Gasteiger partial charge in [-0.2, -0.15) is 0 Å². The average molecular weight is 405 g/mol. The number of hydrogen-bond acceptors (Lipinski definition) is 3. The molecule has 0 saturated carbocycles. The Balaban J connectivity index is 1.72. The van der Waals surface area contributed by atoms with Gasteiger partial charge in [0, 0.05) is 36.1 Å². The minimum Gasteiger partial charge on any atom is -0.347 e. The largest absolute Gasteiger partial charge is 0.347 e. The molecule has 31 heavy (non-hydrogen) atoms. The lowest BCUT2D eigenvalue weighted by Gasteiger charge is -2.29. The number of allylic oxidation sites excluding steroid dienone is 2. The van der Waals surface area contributed by atoms with Crippen molar-refractivity contribution in [1.29, 1.82) is 0 Å². The number of aromatic nitrogens is 1. The first-order chi connectivity index (χ1) is 15.1. The van der Waals surface area contributed by atoms with Gasteiger partial charge in [0.15, 0.2) is 0 Å². The molecular weight excluding hydrogens is 380 g/mol. The maximum Gasteiger partial charge on any atom is 0.205 e. The summed E-state index contributed by atoms with van der Waals surface area (Å²) in [6.45, 7) is 2.26. The number of benzene rings is 3. The SMILES string of the molecule is CN1C(=CC(=O)c2ccccn2)C(C)(Cc2ccccc2)c2c1ccc1ccccc21. The molecule has 3 heteroatoms. The van der Waals surface area contributed by atoms with Crippen LogP contribution in [0, 0.1) is 0 Å². The fourth-order valence-electron chi connectivity index (χ4n) is 4.89. The van der Waals surface area contributed by atoms with Crippen molar-refractivity contribution in [2.45, 2.75) is 18.8 Å². The molecule has 1 aromatic heterocycles. The van der Waals surface area contributed by atoms with Crippen LogP contribution >= 0.6 is 0 Å². The fourth-order valence-corrected chi connectivity index (χ4v) is 4.89. The van der Waals surface area contributed by atoms with Crippen LogP contribution in [0.1, 0.15) is 28.5 Å². The smallest absolute Gasteiger partial charge is 0.205 e. The maximum atomic E-state index is 13.1. The molecule has 1 unspecified atom stereocenters. The predicted octanol–water partition coefficient (Wildman–Crippen LogP) is 5.95. The van der Waals surface area contributed by atoms with Crippen LogP contribution in [-0.2, 0) is 11.8 Å². The van der Waals surface area contributed by atoms with Crippen molar-refractivity contribution < 1.29 is 4.79 Å². The van der Waals surface area contributed by atoms with Crippen LogP contribution in [0.3, 0.4) is 0 Å². The predicted molar refractivity (Wildman–Crippen MR) is 126 cm³/mol. The summed E-state index contributed by atoms with van der Waals surface area (Å²) in [5.41, 5.74) is 4.78. The number of nitrogens with zero attached hydrogens (tertiary/aromatic N) is 2. The summed E-state index contributed by atoms with van der Waals surface area (Å²) in [5, 5.41) is 2.45. The van der Waals surface area contributed by atoms with Crippen molar-refractivity contribution >= 4 is 22.2 Å². The highest BCUT2D eigenvalue weighted by molar-refractivity contribution is 6.05. The Hall–Kier alpha value is -3.72. The number of carbonyl (C=O) groups excluding carboxylic acids is 1. The molecule has 152 valence electrons. The summed E-state index contributed by atoms with van der Waals surface area (Å²) < 4.78 is 0. The Labute approximate surface area is 182 Å². The van der Waals surface area contributed by atoms with Crippen LogP contribution in [0.5, 0.6) is 0 Å². The zero-order valence-corrected chi connectivity index (χ0v) is 17.7. The Bertz CT molecular complexity index is 1290. The number of rotatable bonds is 4. The molecule has 0 fully saturated rings. The van der Waals surface area contributed by atoms with E-state index in [1.165, 1.54) is 21.9 Å². The third-order valence-corrected chi connectivity index (χ3v) is 6.33. The van der Waals surface area contributed by atoms with E-state index >= 15 is 0 Å². The summed E-state index contributed by atoms with van der Waals surface area (Å²) >= 11 is 0. The number of carbonyl (C=O) groups is 1. The van der Waals surface area contributed by atoms with Gasteiger partial charge < -0.3 is 4.90 Å². The van der Waals surface area contributed by atoms with Gasteiger partial charge in [-0.3, -0.25) is 9.78 Å². The van der Waals surface area contributed by atoms with E-state index in [0.29, 0.717) is 5.69 Å². The summed E-state index contributed by atoms with van der Waals surface area (Å²) in [6, 6.07) is 28.8. The van der Waals surface area contributed by atoms with Crippen molar-refractivity contribution in [2.75, 3.05) is 11.9 Å². The van der Waals surface area contributed by atoms with Crippen LogP contribution in [0.15, 0.2) is 103 Å². The van der Waals surface area contributed by atoms with Crippen molar-refractivity contribution in [3.8, 4) is 0 Å². The Morgan fingerprint density at radius 1 is 0.935 bits per heavy atom. The van der Waals surface area contributed by atoms with Crippen molar-refractivity contribution in [3.05, 3.63) is 120 Å². The Morgan fingerprint density at radius 3 is 2.45 bits per heavy atom. The summed E-state index contributed by atoms with van der Waals surface area (Å²) in [4.78, 5) is 19.6. The molecule has 0 N–H and O–H groups in total. The fraction of sp³-hybridized carbons (Fsp3) is 0.143. The van der Waals surface area contributed by atoms with Crippen molar-refractivity contribution in [3.63, 3.8) is 0 Å². The van der Waals surface area contributed by atoms with Gasteiger partial charge >= 0.3 is 0 Å². The van der Waals surface area contributed by atoms with Gasteiger partial charge in [0.2, 0.25) is 5.78 Å². The molecule has 4 aromatic rings. The van der Waals surface area contributed by atoms with E-state index in [4.69, 9.17) is 0 Å². The molecule has 0 radical (unpaired) electrons. The maximum absolute atomic E-state index is 13.1. The highest BCUT2D eigenvalue weighted by atomic mass is 16.1. The minimum atomic E-state index is -0.350. The Morgan fingerprint density at radius 2 is 1.68 bits per heavy atom. The molecule has 3 aromatic carbocycles. The van der Waals surface area contributed by atoms with Crippen LogP contribution in [-0.4, -0.2) is 17.8 Å². The topological polar surface area (TPSA) is 33.2 Å². The zero-order chi connectivity index (χ0) is 21.4. The van der Waals surface area contributed by atoms with Gasteiger partial charge in [-0.15, -0.1) is 0 Å². The van der Waals surface area contributed by atoms with Crippen LogP contribution < -0.4 is 4.90 Å². The molecule has 0 saturated heterocycles. The number of ketones is 1. The number of anilines is 1. The number of likely N-dealkylation sites (N-methyl/N-ethyl adjacent to an activating group) is 1. The first kappa shape index (κ1) is 19.3. The number of pyridine rings is 1. The molecular formula is C28H24N2O. The van der Waals surface area contributed by atoms with Gasteiger partial charge in [0.1, 0.15) is 5.69 Å². The van der Waals surface area contributed by atoms with E-state index in [0.717, 1.165) is 17.8 Å². The Kier molecular flexibility index (Phi) is 4.67. The number of hydrogen-bond donors (Lipinski definition) is 0. The molecule has 1 aliphatic rings. The van der Waals surface area contributed by atoms with E-state index < -0.39 is 0 Å². The minimum absolute atomic E-state index is 0.0705. The van der Waals surface area contributed by atoms with E-state index in [2.05, 4.69) is 84.5 Å². The average Bonchev–Trinajstić information content (AvgIpc) is 3.02. The summed E-state index contributed by atoms with van der Waals surface area (Å²) in [6.07, 6.45) is 4.25. The molecule has 1 aliphatic heterocycles. The van der Waals surface area contributed by atoms with E-state index in [9.17, 15) is 4.79 Å². The van der Waals surface area contributed by atoms with Crippen molar-refractivity contribution in [1.82, 2.24) is 4.98 Å². The normalized spacial score (nSPS) is 19.0. The molecule has 3 nitrogen and oxygen atoms in total. The standard InChI is InChI=1S/C28H24N2O/c1-28(19-20-10-4-3-5-11-20)26(18-25(31)23-14-8-9-17-29-23)30(2)24-16-15-21-12-6-7-13-22(21)27(24)28/h3-18H,19H2,1-2H3. The quantitative estimate of drug-likeness (QED) is 0.311. The lowest BCUT2D eigenvalue weighted by molar-refractivity contribution is 0.104. The van der Waals surface area contributed by atoms with E-state index in [1.807, 2.05) is 18.2 Å². The molecule has 0 aliphatic carbocycles. The lowest BCUT2D eigenvalue weighted by Crippen LogP contribution is -2.29. The molecule has 1 atom stereocenters. The van der Waals surface area contributed by atoms with Crippen LogP contribution in [0.4, 0.5) is 5.69 Å². The molecule has 5 rings (SSSR count). The molecule has 2 heterocycles. The highest BCUT2D eigenvalue weighted by Gasteiger charge is 2.44. The third-order valence-electron chi connectivity index (χ3n) is 6.33. The van der Waals surface area contributed by atoms with Crippen LogP contribution in [0.25, 0.3) is 10.8 Å². The second-order valence-electron chi connectivity index (χ2n) is 8.34. The molecule has 0 bridgehead atoms. The zero-order valence-electron chi connectivity index (χ0n) is 17.7.